The molecule has 10 rings (SSSR count). The van der Waals surface area contributed by atoms with Gasteiger partial charge < -0.3 is 4.57 Å². The van der Waals surface area contributed by atoms with E-state index >= 15 is 0 Å². The lowest BCUT2D eigenvalue weighted by Crippen LogP contribution is -1.93. The first-order valence-electron chi connectivity index (χ1n) is 16.4. The van der Waals surface area contributed by atoms with Crippen molar-refractivity contribution < 1.29 is 0 Å². The number of rotatable bonds is 4. The van der Waals surface area contributed by atoms with Gasteiger partial charge in [0.1, 0.15) is 0 Å². The van der Waals surface area contributed by atoms with Crippen LogP contribution in [0.1, 0.15) is 0 Å². The molecule has 0 fully saturated rings. The third-order valence-corrected chi connectivity index (χ3v) is 11.1. The smallest absolute Gasteiger partial charge is 0.0554 e. The van der Waals surface area contributed by atoms with Gasteiger partial charge in [0.2, 0.25) is 0 Å². The SMILES string of the molecule is c1ccc(-c2ccc(-c3cccc4c3sc3c(-c5cccc6ccccc56)cc5c(c6ccccc6n5-c5ccccc5)c34)cc2)cc1. The molecule has 0 aliphatic heterocycles. The van der Waals surface area contributed by atoms with E-state index in [0.717, 1.165) is 0 Å². The molecule has 1 nitrogen and oxygen atoms in total. The molecule has 0 atom stereocenters. The van der Waals surface area contributed by atoms with Crippen molar-refractivity contribution in [1.82, 2.24) is 4.57 Å². The third-order valence-electron chi connectivity index (χ3n) is 9.80. The predicted molar refractivity (Wildman–Crippen MR) is 207 cm³/mol. The molecule has 48 heavy (non-hydrogen) atoms. The highest BCUT2D eigenvalue weighted by Crippen LogP contribution is 2.50. The fourth-order valence-electron chi connectivity index (χ4n) is 7.63. The molecule has 0 radical (unpaired) electrons. The van der Waals surface area contributed by atoms with E-state index in [0.29, 0.717) is 0 Å². The van der Waals surface area contributed by atoms with Crippen molar-refractivity contribution in [3.8, 4) is 39.1 Å². The Kier molecular flexibility index (Phi) is 6.12. The van der Waals surface area contributed by atoms with E-state index < -0.39 is 0 Å². The fourth-order valence-corrected chi connectivity index (χ4v) is 9.01. The van der Waals surface area contributed by atoms with Crippen LogP contribution in [-0.4, -0.2) is 4.57 Å². The minimum absolute atomic E-state index is 1.17. The number of fused-ring (bicyclic) bond motifs is 8. The summed E-state index contributed by atoms with van der Waals surface area (Å²) in [6.07, 6.45) is 0. The summed E-state index contributed by atoms with van der Waals surface area (Å²) in [5.74, 6) is 0. The molecule has 10 aromatic rings. The van der Waals surface area contributed by atoms with Crippen molar-refractivity contribution in [2.75, 3.05) is 0 Å². The molecule has 0 saturated carbocycles. The second-order valence-electron chi connectivity index (χ2n) is 12.5. The van der Waals surface area contributed by atoms with Crippen LogP contribution in [0.2, 0.25) is 0 Å². The molecule has 0 spiro atoms. The van der Waals surface area contributed by atoms with Crippen LogP contribution >= 0.6 is 11.3 Å². The molecule has 2 heterocycles. The summed E-state index contributed by atoms with van der Waals surface area (Å²) in [4.78, 5) is 0. The second-order valence-corrected chi connectivity index (χ2v) is 13.5. The van der Waals surface area contributed by atoms with Crippen molar-refractivity contribution in [2.45, 2.75) is 0 Å². The molecule has 2 heteroatoms. The quantitative estimate of drug-likeness (QED) is 0.183. The molecule has 2 aromatic heterocycles. The van der Waals surface area contributed by atoms with Crippen molar-refractivity contribution in [1.29, 1.82) is 0 Å². The Morgan fingerprint density at radius 1 is 0.354 bits per heavy atom. The van der Waals surface area contributed by atoms with E-state index in [2.05, 4.69) is 180 Å². The van der Waals surface area contributed by atoms with Gasteiger partial charge in [-0.15, -0.1) is 11.3 Å². The van der Waals surface area contributed by atoms with Crippen LogP contribution in [0.3, 0.4) is 0 Å². The summed E-state index contributed by atoms with van der Waals surface area (Å²) in [6.45, 7) is 0. The van der Waals surface area contributed by atoms with Gasteiger partial charge in [0.25, 0.3) is 0 Å². The molecule has 0 aliphatic carbocycles. The van der Waals surface area contributed by atoms with Crippen molar-refractivity contribution in [2.24, 2.45) is 0 Å². The zero-order valence-electron chi connectivity index (χ0n) is 26.1. The minimum atomic E-state index is 1.17. The monoisotopic (exact) mass is 627 g/mol. The van der Waals surface area contributed by atoms with Crippen LogP contribution in [0, 0.1) is 0 Å². The number of thiophene rings is 1. The van der Waals surface area contributed by atoms with E-state index in [1.165, 1.54) is 91.8 Å². The van der Waals surface area contributed by atoms with Crippen molar-refractivity contribution >= 4 is 64.1 Å². The van der Waals surface area contributed by atoms with Crippen LogP contribution in [0.15, 0.2) is 176 Å². The molecule has 8 aromatic carbocycles. The topological polar surface area (TPSA) is 4.93 Å². The van der Waals surface area contributed by atoms with Gasteiger partial charge in [0.05, 0.1) is 11.0 Å². The predicted octanol–water partition coefficient (Wildman–Crippen LogP) is 13.3. The molecule has 0 saturated heterocycles. The van der Waals surface area contributed by atoms with Gasteiger partial charge in [-0.2, -0.15) is 0 Å². The summed E-state index contributed by atoms with van der Waals surface area (Å²) in [5.41, 5.74) is 11.2. The van der Waals surface area contributed by atoms with E-state index in [4.69, 9.17) is 0 Å². The minimum Gasteiger partial charge on any atom is -0.309 e. The Morgan fingerprint density at radius 2 is 0.958 bits per heavy atom. The lowest BCUT2D eigenvalue weighted by atomic mass is 9.94. The van der Waals surface area contributed by atoms with Crippen molar-refractivity contribution in [3.63, 3.8) is 0 Å². The number of nitrogens with zero attached hydrogens (tertiary/aromatic N) is 1. The summed E-state index contributed by atoms with van der Waals surface area (Å²) in [5, 5.41) is 7.77. The molecule has 0 N–H and O–H groups in total. The summed E-state index contributed by atoms with van der Waals surface area (Å²) in [7, 11) is 0. The molecular formula is C46H29NS. The first kappa shape index (κ1) is 27.2. The highest BCUT2D eigenvalue weighted by atomic mass is 32.1. The summed E-state index contributed by atoms with van der Waals surface area (Å²) in [6, 6.07) is 64.2. The number of hydrogen-bond acceptors (Lipinski definition) is 1. The number of hydrogen-bond donors (Lipinski definition) is 0. The fraction of sp³-hybridized carbons (Fsp3) is 0. The van der Waals surface area contributed by atoms with Gasteiger partial charge in [0, 0.05) is 42.2 Å². The second kappa shape index (κ2) is 10.8. The van der Waals surface area contributed by atoms with Crippen LogP contribution < -0.4 is 0 Å². The average molecular weight is 628 g/mol. The molecule has 224 valence electrons. The van der Waals surface area contributed by atoms with Crippen LogP contribution in [0.5, 0.6) is 0 Å². The van der Waals surface area contributed by atoms with E-state index in [1.807, 2.05) is 11.3 Å². The van der Waals surface area contributed by atoms with E-state index in [-0.39, 0.29) is 0 Å². The van der Waals surface area contributed by atoms with E-state index in [1.54, 1.807) is 0 Å². The van der Waals surface area contributed by atoms with Crippen molar-refractivity contribution in [3.05, 3.63) is 176 Å². The maximum absolute atomic E-state index is 2.45. The number of aromatic nitrogens is 1. The number of para-hydroxylation sites is 2. The Balaban J connectivity index is 1.34. The normalized spacial score (nSPS) is 11.8. The van der Waals surface area contributed by atoms with Crippen LogP contribution in [0.25, 0.3) is 91.8 Å². The molecular weight excluding hydrogens is 599 g/mol. The molecule has 0 bridgehead atoms. The highest BCUT2D eigenvalue weighted by molar-refractivity contribution is 7.27. The Hall–Kier alpha value is -5.96. The standard InChI is InChI=1S/C46H29NS/c1-3-13-30(14-4-1)31-25-27-33(28-26-31)36-21-12-23-39-44-43-38-20-9-10-24-41(38)47(34-17-5-2-6-18-34)42(43)29-40(46(44)48-45(36)39)37-22-11-16-32-15-7-8-19-35(32)37/h1-29H. The van der Waals surface area contributed by atoms with E-state index in [9.17, 15) is 0 Å². The molecule has 0 amide bonds. The first-order valence-corrected chi connectivity index (χ1v) is 17.3. The first-order chi connectivity index (χ1) is 23.8. The van der Waals surface area contributed by atoms with Gasteiger partial charge in [-0.1, -0.05) is 152 Å². The largest absolute Gasteiger partial charge is 0.309 e. The summed E-state index contributed by atoms with van der Waals surface area (Å²) >= 11 is 1.93. The summed E-state index contributed by atoms with van der Waals surface area (Å²) < 4.78 is 5.11. The average Bonchev–Trinajstić information content (AvgIpc) is 3.71. The highest BCUT2D eigenvalue weighted by Gasteiger charge is 2.23. The zero-order chi connectivity index (χ0) is 31.6. The van der Waals surface area contributed by atoms with Gasteiger partial charge in [-0.25, -0.2) is 0 Å². The Bertz CT molecular complexity index is 2800. The van der Waals surface area contributed by atoms with Crippen LogP contribution in [0.4, 0.5) is 0 Å². The zero-order valence-corrected chi connectivity index (χ0v) is 26.9. The van der Waals surface area contributed by atoms with Crippen LogP contribution in [-0.2, 0) is 0 Å². The lowest BCUT2D eigenvalue weighted by molar-refractivity contribution is 1.18. The van der Waals surface area contributed by atoms with Gasteiger partial charge in [-0.05, 0) is 62.9 Å². The third kappa shape index (κ3) is 4.10. The van der Waals surface area contributed by atoms with Gasteiger partial charge in [-0.3, -0.25) is 0 Å². The van der Waals surface area contributed by atoms with Gasteiger partial charge >= 0.3 is 0 Å². The lowest BCUT2D eigenvalue weighted by Gasteiger charge is -2.12. The maximum atomic E-state index is 2.45. The molecule has 0 aliphatic rings. The Labute approximate surface area is 282 Å². The number of benzene rings is 8. The molecule has 0 unspecified atom stereocenters. The van der Waals surface area contributed by atoms with Gasteiger partial charge in [0.15, 0.2) is 0 Å². The maximum Gasteiger partial charge on any atom is 0.0554 e. The Morgan fingerprint density at radius 3 is 1.79 bits per heavy atom.